The lowest BCUT2D eigenvalue weighted by Crippen LogP contribution is -2.43. The van der Waals surface area contributed by atoms with Gasteiger partial charge in [0.1, 0.15) is 31.4 Å². The summed E-state index contributed by atoms with van der Waals surface area (Å²) in [5, 5.41) is 7.75. The van der Waals surface area contributed by atoms with Crippen LogP contribution in [0.25, 0.3) is 17.0 Å². The van der Waals surface area contributed by atoms with Crippen LogP contribution in [0.4, 0.5) is 0 Å². The SMILES string of the molecule is O=c1cnc2ccc(-n3cncn3)nc2n1CCN1CCC(NCc2cc3c(cn2)OCCO3)CC1. The molecule has 2 aliphatic rings. The zero-order chi connectivity index (χ0) is 24.3. The molecule has 0 spiro atoms. The van der Waals surface area contributed by atoms with Gasteiger partial charge in [0.2, 0.25) is 0 Å². The molecule has 4 aromatic rings. The molecule has 36 heavy (non-hydrogen) atoms. The topological polar surface area (TPSA) is 125 Å². The standard InChI is InChI=1S/C24H27N9O3/c34-23-14-28-19-1-2-22(33-16-25-15-29-33)30-24(19)32(23)8-7-31-5-3-17(4-6-31)26-12-18-11-20-21(13-27-18)36-10-9-35-20/h1-2,11,13-17,26H,3-10,12H2. The van der Waals surface area contributed by atoms with Crippen molar-refractivity contribution in [1.82, 2.24) is 44.5 Å². The minimum atomic E-state index is -0.158. The molecule has 0 aliphatic carbocycles. The quantitative estimate of drug-likeness (QED) is 0.398. The van der Waals surface area contributed by atoms with Gasteiger partial charge in [-0.05, 0) is 38.1 Å². The highest BCUT2D eigenvalue weighted by molar-refractivity contribution is 5.71. The molecule has 6 heterocycles. The van der Waals surface area contributed by atoms with E-state index in [9.17, 15) is 4.79 Å². The molecule has 0 amide bonds. The van der Waals surface area contributed by atoms with Crippen molar-refractivity contribution in [2.24, 2.45) is 0 Å². The Hall–Kier alpha value is -3.90. The van der Waals surface area contributed by atoms with Crippen molar-refractivity contribution in [2.45, 2.75) is 32.0 Å². The Balaban J connectivity index is 1.05. The van der Waals surface area contributed by atoms with E-state index in [1.54, 1.807) is 21.8 Å². The van der Waals surface area contributed by atoms with Crippen molar-refractivity contribution in [3.05, 3.63) is 59.3 Å². The molecule has 0 aromatic carbocycles. The van der Waals surface area contributed by atoms with Gasteiger partial charge in [-0.2, -0.15) is 5.10 Å². The molecule has 1 fully saturated rings. The number of aromatic nitrogens is 7. The van der Waals surface area contributed by atoms with Gasteiger partial charge in [0.25, 0.3) is 5.56 Å². The average molecular weight is 490 g/mol. The van der Waals surface area contributed by atoms with Crippen LogP contribution in [0.3, 0.4) is 0 Å². The van der Waals surface area contributed by atoms with Gasteiger partial charge in [-0.1, -0.05) is 0 Å². The maximum atomic E-state index is 12.6. The van der Waals surface area contributed by atoms with Crippen molar-refractivity contribution in [3.63, 3.8) is 0 Å². The van der Waals surface area contributed by atoms with Crippen LogP contribution in [0.5, 0.6) is 11.5 Å². The minimum absolute atomic E-state index is 0.158. The van der Waals surface area contributed by atoms with Crippen LogP contribution in [-0.4, -0.2) is 78.1 Å². The summed E-state index contributed by atoms with van der Waals surface area (Å²) in [7, 11) is 0. The van der Waals surface area contributed by atoms with Crippen LogP contribution in [0, 0.1) is 0 Å². The van der Waals surface area contributed by atoms with Gasteiger partial charge in [-0.3, -0.25) is 14.3 Å². The number of likely N-dealkylation sites (tertiary alicyclic amines) is 1. The molecule has 4 aromatic heterocycles. The fourth-order valence-electron chi connectivity index (χ4n) is 4.64. The molecule has 0 saturated carbocycles. The number of nitrogens with zero attached hydrogens (tertiary/aromatic N) is 8. The van der Waals surface area contributed by atoms with Crippen LogP contribution in [0.15, 0.2) is 48.0 Å². The van der Waals surface area contributed by atoms with Crippen molar-refractivity contribution >= 4 is 11.2 Å². The largest absolute Gasteiger partial charge is 0.486 e. The van der Waals surface area contributed by atoms with Gasteiger partial charge < -0.3 is 19.7 Å². The summed E-state index contributed by atoms with van der Waals surface area (Å²) in [4.78, 5) is 32.4. The Morgan fingerprint density at radius 1 is 1.03 bits per heavy atom. The fourth-order valence-corrected chi connectivity index (χ4v) is 4.64. The number of fused-ring (bicyclic) bond motifs is 2. The zero-order valence-corrected chi connectivity index (χ0v) is 19.8. The fraction of sp³-hybridized carbons (Fsp3) is 0.417. The molecule has 1 N–H and O–H groups in total. The van der Waals surface area contributed by atoms with Gasteiger partial charge in [-0.15, -0.1) is 0 Å². The lowest BCUT2D eigenvalue weighted by Gasteiger charge is -2.32. The van der Waals surface area contributed by atoms with Gasteiger partial charge in [0.15, 0.2) is 23.0 Å². The molecule has 0 unspecified atom stereocenters. The molecule has 0 radical (unpaired) electrons. The van der Waals surface area contributed by atoms with E-state index in [1.165, 1.54) is 12.5 Å². The molecule has 0 bridgehead atoms. The summed E-state index contributed by atoms with van der Waals surface area (Å²) in [6, 6.07) is 6.04. The third kappa shape index (κ3) is 4.77. The van der Waals surface area contributed by atoms with Crippen LogP contribution >= 0.6 is 0 Å². The molecule has 2 aliphatic heterocycles. The van der Waals surface area contributed by atoms with E-state index in [4.69, 9.17) is 9.47 Å². The third-order valence-electron chi connectivity index (χ3n) is 6.61. The predicted octanol–water partition coefficient (Wildman–Crippen LogP) is 0.793. The highest BCUT2D eigenvalue weighted by Gasteiger charge is 2.20. The highest BCUT2D eigenvalue weighted by atomic mass is 16.6. The van der Waals surface area contributed by atoms with E-state index in [2.05, 4.69) is 35.3 Å². The first-order valence-electron chi connectivity index (χ1n) is 12.1. The lowest BCUT2D eigenvalue weighted by molar-refractivity contribution is 0.170. The van der Waals surface area contributed by atoms with E-state index in [0.717, 1.165) is 43.9 Å². The van der Waals surface area contributed by atoms with Crippen LogP contribution < -0.4 is 20.3 Å². The molecule has 1 saturated heterocycles. The van der Waals surface area contributed by atoms with E-state index in [-0.39, 0.29) is 5.56 Å². The summed E-state index contributed by atoms with van der Waals surface area (Å²) in [5.74, 6) is 2.08. The first-order valence-corrected chi connectivity index (χ1v) is 12.1. The average Bonchev–Trinajstić information content (AvgIpc) is 3.47. The molecule has 186 valence electrons. The molecule has 12 heteroatoms. The van der Waals surface area contributed by atoms with E-state index in [1.807, 2.05) is 18.2 Å². The molecular formula is C24H27N9O3. The first kappa shape index (κ1) is 22.6. The Labute approximate surface area is 206 Å². The Morgan fingerprint density at radius 3 is 2.72 bits per heavy atom. The van der Waals surface area contributed by atoms with E-state index < -0.39 is 0 Å². The predicted molar refractivity (Wildman–Crippen MR) is 130 cm³/mol. The molecule has 12 nitrogen and oxygen atoms in total. The molecular weight excluding hydrogens is 462 g/mol. The van der Waals surface area contributed by atoms with Gasteiger partial charge >= 0.3 is 0 Å². The summed E-state index contributed by atoms with van der Waals surface area (Å²) in [6.07, 6.45) is 8.20. The van der Waals surface area contributed by atoms with Gasteiger partial charge in [-0.25, -0.2) is 19.6 Å². The zero-order valence-electron chi connectivity index (χ0n) is 19.8. The van der Waals surface area contributed by atoms with Crippen LogP contribution in [-0.2, 0) is 13.1 Å². The number of piperidine rings is 1. The highest BCUT2D eigenvalue weighted by Crippen LogP contribution is 2.29. The number of rotatable bonds is 7. The Bertz CT molecular complexity index is 1400. The van der Waals surface area contributed by atoms with Crippen LogP contribution in [0.1, 0.15) is 18.5 Å². The van der Waals surface area contributed by atoms with Gasteiger partial charge in [0.05, 0.1) is 18.1 Å². The second kappa shape index (κ2) is 9.99. The minimum Gasteiger partial charge on any atom is -0.486 e. The molecule has 6 rings (SSSR count). The molecule has 0 atom stereocenters. The summed E-state index contributed by atoms with van der Waals surface area (Å²) < 4.78 is 14.5. The second-order valence-corrected chi connectivity index (χ2v) is 8.92. The van der Waals surface area contributed by atoms with Crippen molar-refractivity contribution in [3.8, 4) is 17.3 Å². The number of pyridine rings is 2. The van der Waals surface area contributed by atoms with E-state index in [0.29, 0.717) is 55.1 Å². The van der Waals surface area contributed by atoms with E-state index >= 15 is 0 Å². The van der Waals surface area contributed by atoms with Gasteiger partial charge in [0, 0.05) is 31.7 Å². The number of ether oxygens (including phenoxy) is 2. The summed E-state index contributed by atoms with van der Waals surface area (Å²) in [6.45, 7) is 5.07. The Kier molecular flexibility index (Phi) is 6.26. The number of hydrogen-bond acceptors (Lipinski definition) is 10. The number of hydrogen-bond donors (Lipinski definition) is 1. The maximum Gasteiger partial charge on any atom is 0.270 e. The number of nitrogens with one attached hydrogen (secondary N) is 1. The first-order chi connectivity index (χ1) is 17.7. The maximum absolute atomic E-state index is 12.6. The van der Waals surface area contributed by atoms with Crippen molar-refractivity contribution in [2.75, 3.05) is 32.8 Å². The van der Waals surface area contributed by atoms with Crippen molar-refractivity contribution < 1.29 is 9.47 Å². The smallest absolute Gasteiger partial charge is 0.270 e. The Morgan fingerprint density at radius 2 is 1.89 bits per heavy atom. The summed E-state index contributed by atoms with van der Waals surface area (Å²) in [5.41, 5.74) is 2.02. The normalized spacial score (nSPS) is 16.4. The van der Waals surface area contributed by atoms with Crippen LogP contribution in [0.2, 0.25) is 0 Å². The van der Waals surface area contributed by atoms with Crippen molar-refractivity contribution in [1.29, 1.82) is 0 Å². The monoisotopic (exact) mass is 489 g/mol. The lowest BCUT2D eigenvalue weighted by atomic mass is 10.0. The summed E-state index contributed by atoms with van der Waals surface area (Å²) >= 11 is 0. The second-order valence-electron chi connectivity index (χ2n) is 8.92. The third-order valence-corrected chi connectivity index (χ3v) is 6.61.